The van der Waals surface area contributed by atoms with Crippen LogP contribution >= 0.6 is 11.3 Å². The van der Waals surface area contributed by atoms with Crippen LogP contribution in [0.15, 0.2) is 35.8 Å². The Bertz CT molecular complexity index is 540. The lowest BCUT2D eigenvalue weighted by atomic mass is 10.2. The highest BCUT2D eigenvalue weighted by Gasteiger charge is 2.24. The number of hydrogen-bond acceptors (Lipinski definition) is 5. The summed E-state index contributed by atoms with van der Waals surface area (Å²) in [6, 6.07) is 7.27. The minimum atomic E-state index is -0.555. The molecule has 5 heteroatoms. The molecule has 1 N–H and O–H groups in total. The monoisotopic (exact) mass is 276 g/mol. The highest BCUT2D eigenvalue weighted by Crippen LogP contribution is 2.24. The van der Waals surface area contributed by atoms with Crippen molar-refractivity contribution in [1.29, 1.82) is 0 Å². The molecule has 2 aromatic rings. The van der Waals surface area contributed by atoms with Gasteiger partial charge in [-0.15, -0.1) is 11.3 Å². The minimum absolute atomic E-state index is 0.305. The van der Waals surface area contributed by atoms with Crippen LogP contribution in [0.25, 0.3) is 0 Å². The second kappa shape index (κ2) is 6.33. The Labute approximate surface area is 116 Å². The van der Waals surface area contributed by atoms with Gasteiger partial charge < -0.3 is 10.1 Å². The normalized spacial score (nSPS) is 11.9. The zero-order valence-electron chi connectivity index (χ0n) is 10.9. The summed E-state index contributed by atoms with van der Waals surface area (Å²) in [5.41, 5.74) is 1.99. The fourth-order valence-electron chi connectivity index (χ4n) is 1.71. The molecule has 0 bridgehead atoms. The van der Waals surface area contributed by atoms with Crippen LogP contribution in [0, 0.1) is 6.92 Å². The second-order valence-corrected chi connectivity index (χ2v) is 4.94. The molecule has 0 aliphatic rings. The maximum absolute atomic E-state index is 12.0. The average Bonchev–Trinajstić information content (AvgIpc) is 2.91. The summed E-state index contributed by atoms with van der Waals surface area (Å²) in [6.07, 6.45) is 1.69. The van der Waals surface area contributed by atoms with Gasteiger partial charge >= 0.3 is 5.97 Å². The van der Waals surface area contributed by atoms with Gasteiger partial charge in [-0.3, -0.25) is 0 Å². The number of carbonyl (C=O) groups excluding carboxylic acids is 1. The molecule has 0 fully saturated rings. The van der Waals surface area contributed by atoms with Crippen LogP contribution in [0.3, 0.4) is 0 Å². The molecular weight excluding hydrogens is 260 g/mol. The Morgan fingerprint density at radius 1 is 1.47 bits per heavy atom. The number of rotatable bonds is 5. The van der Waals surface area contributed by atoms with E-state index in [0.717, 1.165) is 11.3 Å². The lowest BCUT2D eigenvalue weighted by Gasteiger charge is -2.17. The Morgan fingerprint density at radius 3 is 2.89 bits per heavy atom. The zero-order chi connectivity index (χ0) is 13.7. The molecule has 1 heterocycles. The Hall–Kier alpha value is -1.88. The number of aromatic nitrogens is 1. The molecule has 0 amide bonds. The summed E-state index contributed by atoms with van der Waals surface area (Å²) < 4.78 is 5.11. The first kappa shape index (κ1) is 13.5. The van der Waals surface area contributed by atoms with Gasteiger partial charge in [-0.05, 0) is 25.5 Å². The lowest BCUT2D eigenvalue weighted by molar-refractivity contribution is -0.144. The van der Waals surface area contributed by atoms with Crippen LogP contribution in [0.1, 0.15) is 23.5 Å². The van der Waals surface area contributed by atoms with Gasteiger partial charge in [0.25, 0.3) is 0 Å². The topological polar surface area (TPSA) is 51.2 Å². The fourth-order valence-corrected chi connectivity index (χ4v) is 2.39. The maximum atomic E-state index is 12.0. The van der Waals surface area contributed by atoms with Gasteiger partial charge in [-0.1, -0.05) is 18.2 Å². The number of esters is 1. The number of anilines is 1. The summed E-state index contributed by atoms with van der Waals surface area (Å²) >= 11 is 1.44. The van der Waals surface area contributed by atoms with Crippen molar-refractivity contribution in [3.8, 4) is 0 Å². The number of nitrogens with zero attached hydrogens (tertiary/aromatic N) is 1. The first-order valence-corrected chi connectivity index (χ1v) is 6.98. The van der Waals surface area contributed by atoms with Gasteiger partial charge in [0.1, 0.15) is 5.01 Å². The van der Waals surface area contributed by atoms with Crippen LogP contribution in [0.5, 0.6) is 0 Å². The van der Waals surface area contributed by atoms with Crippen LogP contribution in [0.4, 0.5) is 5.69 Å². The van der Waals surface area contributed by atoms with Crippen molar-refractivity contribution in [2.75, 3.05) is 11.9 Å². The molecule has 2 rings (SSSR count). The van der Waals surface area contributed by atoms with E-state index in [2.05, 4.69) is 10.3 Å². The summed E-state index contributed by atoms with van der Waals surface area (Å²) in [4.78, 5) is 16.2. The summed E-state index contributed by atoms with van der Waals surface area (Å²) in [7, 11) is 0. The largest absolute Gasteiger partial charge is 0.464 e. The summed E-state index contributed by atoms with van der Waals surface area (Å²) in [5.74, 6) is -0.305. The smallest absolute Gasteiger partial charge is 0.335 e. The van der Waals surface area contributed by atoms with Crippen molar-refractivity contribution in [2.24, 2.45) is 0 Å². The summed E-state index contributed by atoms with van der Waals surface area (Å²) in [5, 5.41) is 5.77. The fraction of sp³-hybridized carbons (Fsp3) is 0.286. The van der Waals surface area contributed by atoms with Gasteiger partial charge in [-0.25, -0.2) is 9.78 Å². The van der Waals surface area contributed by atoms with E-state index in [1.807, 2.05) is 36.6 Å². The van der Waals surface area contributed by atoms with E-state index < -0.39 is 6.04 Å². The predicted octanol–water partition coefficient (Wildman–Crippen LogP) is 3.17. The van der Waals surface area contributed by atoms with E-state index >= 15 is 0 Å². The highest BCUT2D eigenvalue weighted by molar-refractivity contribution is 7.09. The first-order valence-electron chi connectivity index (χ1n) is 6.10. The predicted molar refractivity (Wildman–Crippen MR) is 76.3 cm³/mol. The van der Waals surface area contributed by atoms with Crippen molar-refractivity contribution in [3.63, 3.8) is 0 Å². The van der Waals surface area contributed by atoms with E-state index in [-0.39, 0.29) is 5.97 Å². The molecule has 0 aliphatic carbocycles. The molecule has 0 saturated heterocycles. The number of aryl methyl sites for hydroxylation is 1. The third-order valence-electron chi connectivity index (χ3n) is 2.67. The highest BCUT2D eigenvalue weighted by atomic mass is 32.1. The van der Waals surface area contributed by atoms with E-state index in [0.29, 0.717) is 11.6 Å². The third kappa shape index (κ3) is 3.32. The number of carbonyl (C=O) groups is 1. The number of nitrogens with one attached hydrogen (secondary N) is 1. The maximum Gasteiger partial charge on any atom is 0.335 e. The SMILES string of the molecule is CCOC(=O)C(Nc1ccccc1C)c1nccs1. The molecule has 1 aromatic carbocycles. The molecule has 1 unspecified atom stereocenters. The third-order valence-corrected chi connectivity index (χ3v) is 3.51. The quantitative estimate of drug-likeness (QED) is 0.852. The van der Waals surface area contributed by atoms with Crippen LogP contribution in [-0.2, 0) is 9.53 Å². The standard InChI is InChI=1S/C14H16N2O2S/c1-3-18-14(17)12(13-15-8-9-19-13)16-11-7-5-4-6-10(11)2/h4-9,12,16H,3H2,1-2H3. The lowest BCUT2D eigenvalue weighted by Crippen LogP contribution is -2.23. The second-order valence-electron chi connectivity index (χ2n) is 4.01. The van der Waals surface area contributed by atoms with E-state index in [9.17, 15) is 4.79 Å². The van der Waals surface area contributed by atoms with Gasteiger partial charge in [0.2, 0.25) is 0 Å². The molecule has 100 valence electrons. The molecule has 0 saturated carbocycles. The molecule has 0 spiro atoms. The van der Waals surface area contributed by atoms with Crippen molar-refractivity contribution in [1.82, 2.24) is 4.98 Å². The van der Waals surface area contributed by atoms with Crippen molar-refractivity contribution in [3.05, 3.63) is 46.4 Å². The van der Waals surface area contributed by atoms with Gasteiger partial charge in [0.15, 0.2) is 6.04 Å². The number of ether oxygens (including phenoxy) is 1. The van der Waals surface area contributed by atoms with Gasteiger partial charge in [0, 0.05) is 17.3 Å². The molecule has 4 nitrogen and oxygen atoms in total. The number of thiazole rings is 1. The number of para-hydroxylation sites is 1. The van der Waals surface area contributed by atoms with Crippen molar-refractivity contribution >= 4 is 23.0 Å². The molecule has 0 radical (unpaired) electrons. The first-order chi connectivity index (χ1) is 9.22. The average molecular weight is 276 g/mol. The molecular formula is C14H16N2O2S. The molecule has 0 aliphatic heterocycles. The Balaban J connectivity index is 2.24. The number of benzene rings is 1. The van der Waals surface area contributed by atoms with Crippen LogP contribution in [0.2, 0.25) is 0 Å². The number of hydrogen-bond donors (Lipinski definition) is 1. The zero-order valence-corrected chi connectivity index (χ0v) is 11.7. The van der Waals surface area contributed by atoms with Gasteiger partial charge in [-0.2, -0.15) is 0 Å². The van der Waals surface area contributed by atoms with E-state index in [1.54, 1.807) is 13.1 Å². The summed E-state index contributed by atoms with van der Waals surface area (Å²) in [6.45, 7) is 4.15. The Morgan fingerprint density at radius 2 is 2.26 bits per heavy atom. The Kier molecular flexibility index (Phi) is 4.52. The molecule has 1 atom stereocenters. The van der Waals surface area contributed by atoms with Crippen LogP contribution < -0.4 is 5.32 Å². The molecule has 19 heavy (non-hydrogen) atoms. The van der Waals surface area contributed by atoms with Crippen molar-refractivity contribution in [2.45, 2.75) is 19.9 Å². The van der Waals surface area contributed by atoms with E-state index in [4.69, 9.17) is 4.74 Å². The van der Waals surface area contributed by atoms with Gasteiger partial charge in [0.05, 0.1) is 6.61 Å². The van der Waals surface area contributed by atoms with Crippen LogP contribution in [-0.4, -0.2) is 17.6 Å². The van der Waals surface area contributed by atoms with E-state index in [1.165, 1.54) is 11.3 Å². The molecule has 1 aromatic heterocycles. The minimum Gasteiger partial charge on any atom is -0.464 e. The van der Waals surface area contributed by atoms with Crippen molar-refractivity contribution < 1.29 is 9.53 Å².